The van der Waals surface area contributed by atoms with Crippen LogP contribution in [0.3, 0.4) is 0 Å². The molecule has 1 heterocycles. The van der Waals surface area contributed by atoms with E-state index in [1.807, 2.05) is 32.8 Å². The maximum absolute atomic E-state index is 14.2. The lowest BCUT2D eigenvalue weighted by atomic mass is 10.2. The van der Waals surface area contributed by atoms with Crippen molar-refractivity contribution in [3.63, 3.8) is 0 Å². The van der Waals surface area contributed by atoms with Gasteiger partial charge in [-0.25, -0.2) is 17.8 Å². The minimum atomic E-state index is -3.63. The van der Waals surface area contributed by atoms with Gasteiger partial charge in [-0.05, 0) is 56.9 Å². The van der Waals surface area contributed by atoms with Gasteiger partial charge in [-0.3, -0.25) is 9.69 Å². The molecule has 0 aliphatic carbocycles. The number of nitrogens with zero attached hydrogens (tertiary/aromatic N) is 4. The smallest absolute Gasteiger partial charge is 0.260 e. The lowest BCUT2D eigenvalue weighted by Gasteiger charge is -2.23. The predicted octanol–water partition coefficient (Wildman–Crippen LogP) is 4.45. The zero-order valence-corrected chi connectivity index (χ0v) is 21.6. The molecule has 0 N–H and O–H groups in total. The number of para-hydroxylation sites is 1. The Hall–Kier alpha value is -2.40. The second-order valence-corrected chi connectivity index (χ2v) is 11.2. The molecule has 3 rings (SSSR count). The molecule has 0 atom stereocenters. The Balaban J connectivity index is 1.91. The summed E-state index contributed by atoms with van der Waals surface area (Å²) in [5.41, 5.74) is 0.576. The fraction of sp³-hybridized carbons (Fsp3) is 0.417. The Bertz CT molecular complexity index is 1230. The number of thiazole rings is 1. The van der Waals surface area contributed by atoms with E-state index in [0.717, 1.165) is 12.8 Å². The van der Waals surface area contributed by atoms with Crippen LogP contribution in [0.5, 0.6) is 0 Å². The number of anilines is 1. The Labute approximate surface area is 204 Å². The third kappa shape index (κ3) is 5.80. The van der Waals surface area contributed by atoms with Crippen molar-refractivity contribution in [3.8, 4) is 0 Å². The van der Waals surface area contributed by atoms with Crippen molar-refractivity contribution in [2.75, 3.05) is 45.2 Å². The van der Waals surface area contributed by atoms with Crippen molar-refractivity contribution in [2.24, 2.45) is 0 Å². The summed E-state index contributed by atoms with van der Waals surface area (Å²) in [6.45, 7) is 5.61. The van der Waals surface area contributed by atoms with Gasteiger partial charge in [0.2, 0.25) is 10.0 Å². The molecule has 2 aromatic carbocycles. The Morgan fingerprint density at radius 2 is 1.74 bits per heavy atom. The lowest BCUT2D eigenvalue weighted by molar-refractivity contribution is 0.0985. The van der Waals surface area contributed by atoms with Crippen LogP contribution in [0.4, 0.5) is 9.52 Å². The summed E-state index contributed by atoms with van der Waals surface area (Å²) in [7, 11) is 0.170. The number of aromatic nitrogens is 1. The van der Waals surface area contributed by atoms with Crippen molar-refractivity contribution in [3.05, 3.63) is 53.8 Å². The summed E-state index contributed by atoms with van der Waals surface area (Å²) in [5, 5.41) is 0.403. The number of hydrogen-bond donors (Lipinski definition) is 0. The van der Waals surface area contributed by atoms with E-state index in [2.05, 4.69) is 4.98 Å². The summed E-state index contributed by atoms with van der Waals surface area (Å²) < 4.78 is 42.3. The summed E-state index contributed by atoms with van der Waals surface area (Å²) in [6.07, 6.45) is 1.69. The van der Waals surface area contributed by atoms with Crippen LogP contribution in [0.15, 0.2) is 47.4 Å². The molecule has 0 spiro atoms. The average Bonchev–Trinajstić information content (AvgIpc) is 3.24. The van der Waals surface area contributed by atoms with E-state index in [4.69, 9.17) is 0 Å². The van der Waals surface area contributed by atoms with E-state index in [9.17, 15) is 17.6 Å². The number of amides is 1. The van der Waals surface area contributed by atoms with E-state index in [1.54, 1.807) is 12.1 Å². The zero-order valence-electron chi connectivity index (χ0n) is 20.0. The SMILES string of the molecule is CCCCN(CC)S(=O)(=O)c1ccc(C(=O)N(CCN(C)C)c2nc3c(F)cccc3s2)cc1. The molecular formula is C24H31FN4O3S2. The molecule has 0 fully saturated rings. The highest BCUT2D eigenvalue weighted by molar-refractivity contribution is 7.89. The monoisotopic (exact) mass is 506 g/mol. The molecule has 0 aliphatic heterocycles. The highest BCUT2D eigenvalue weighted by Gasteiger charge is 2.25. The van der Waals surface area contributed by atoms with E-state index >= 15 is 0 Å². The Kier molecular flexibility index (Phi) is 8.75. The number of rotatable bonds is 11. The molecule has 0 saturated heterocycles. The quantitative estimate of drug-likeness (QED) is 0.384. The van der Waals surface area contributed by atoms with Gasteiger partial charge in [-0.2, -0.15) is 4.31 Å². The average molecular weight is 507 g/mol. The van der Waals surface area contributed by atoms with E-state index in [1.165, 1.54) is 50.9 Å². The van der Waals surface area contributed by atoms with Crippen LogP contribution in [0.1, 0.15) is 37.0 Å². The topological polar surface area (TPSA) is 73.8 Å². The summed E-state index contributed by atoms with van der Waals surface area (Å²) in [6, 6.07) is 10.7. The third-order valence-electron chi connectivity index (χ3n) is 5.46. The van der Waals surface area contributed by atoms with Crippen LogP contribution in [0.25, 0.3) is 10.2 Å². The molecule has 0 radical (unpaired) electrons. The number of likely N-dealkylation sites (N-methyl/N-ethyl adjacent to an activating group) is 1. The first-order valence-electron chi connectivity index (χ1n) is 11.3. The zero-order chi connectivity index (χ0) is 24.9. The van der Waals surface area contributed by atoms with Crippen molar-refractivity contribution >= 4 is 42.6 Å². The third-order valence-corrected chi connectivity index (χ3v) is 8.49. The van der Waals surface area contributed by atoms with Gasteiger partial charge in [0, 0.05) is 31.7 Å². The number of hydrogen-bond acceptors (Lipinski definition) is 6. The van der Waals surface area contributed by atoms with Crippen LogP contribution in [-0.2, 0) is 10.0 Å². The standard InChI is InChI=1S/C24H31FN4O3S2/c1-5-7-15-28(6-2)34(31,32)19-13-11-18(12-14-19)23(30)29(17-16-27(3)4)24-26-22-20(25)9-8-10-21(22)33-24/h8-14H,5-7,15-17H2,1-4H3. The highest BCUT2D eigenvalue weighted by atomic mass is 32.2. The van der Waals surface area contributed by atoms with Crippen molar-refractivity contribution in [1.29, 1.82) is 0 Å². The number of carbonyl (C=O) groups is 1. The van der Waals surface area contributed by atoms with Crippen LogP contribution < -0.4 is 4.90 Å². The summed E-state index contributed by atoms with van der Waals surface area (Å²) in [4.78, 5) is 21.4. The second kappa shape index (κ2) is 11.4. The van der Waals surface area contributed by atoms with Crippen LogP contribution in [0.2, 0.25) is 0 Å². The molecule has 184 valence electrons. The van der Waals surface area contributed by atoms with Gasteiger partial charge in [0.15, 0.2) is 5.13 Å². The second-order valence-electron chi connectivity index (χ2n) is 8.22. The summed E-state index contributed by atoms with van der Waals surface area (Å²) in [5.74, 6) is -0.748. The number of unbranched alkanes of at least 4 members (excludes halogenated alkanes) is 1. The number of benzene rings is 2. The van der Waals surface area contributed by atoms with Crippen molar-refractivity contribution in [2.45, 2.75) is 31.6 Å². The highest BCUT2D eigenvalue weighted by Crippen LogP contribution is 2.31. The minimum absolute atomic E-state index is 0.156. The van der Waals surface area contributed by atoms with Gasteiger partial charge in [-0.15, -0.1) is 0 Å². The molecule has 0 saturated carbocycles. The van der Waals surface area contributed by atoms with Gasteiger partial charge >= 0.3 is 0 Å². The lowest BCUT2D eigenvalue weighted by Crippen LogP contribution is -2.36. The van der Waals surface area contributed by atoms with Gasteiger partial charge < -0.3 is 4.90 Å². The van der Waals surface area contributed by atoms with Crippen LogP contribution in [-0.4, -0.2) is 68.8 Å². The van der Waals surface area contributed by atoms with Gasteiger partial charge in [-0.1, -0.05) is 37.7 Å². The van der Waals surface area contributed by atoms with Gasteiger partial charge in [0.25, 0.3) is 5.91 Å². The largest absolute Gasteiger partial charge is 0.308 e. The fourth-order valence-corrected chi connectivity index (χ4v) is 5.95. The number of halogens is 1. The fourth-order valence-electron chi connectivity index (χ4n) is 3.46. The Morgan fingerprint density at radius 3 is 2.32 bits per heavy atom. The predicted molar refractivity (Wildman–Crippen MR) is 136 cm³/mol. The van der Waals surface area contributed by atoms with E-state index < -0.39 is 15.8 Å². The van der Waals surface area contributed by atoms with Crippen molar-refractivity contribution in [1.82, 2.24) is 14.2 Å². The first-order valence-corrected chi connectivity index (χ1v) is 13.6. The van der Waals surface area contributed by atoms with Crippen LogP contribution in [0, 0.1) is 5.82 Å². The molecular weight excluding hydrogens is 475 g/mol. The first-order chi connectivity index (χ1) is 16.2. The molecule has 0 aliphatic rings. The Morgan fingerprint density at radius 1 is 1.03 bits per heavy atom. The van der Waals surface area contributed by atoms with E-state index in [-0.39, 0.29) is 16.3 Å². The molecule has 0 unspecified atom stereocenters. The first kappa shape index (κ1) is 26.2. The number of carbonyl (C=O) groups excluding carboxylic acids is 1. The molecule has 0 bridgehead atoms. The molecule has 1 aromatic heterocycles. The van der Waals surface area contributed by atoms with Gasteiger partial charge in [0.05, 0.1) is 9.60 Å². The molecule has 10 heteroatoms. The number of sulfonamides is 1. The maximum atomic E-state index is 14.2. The molecule has 3 aromatic rings. The van der Waals surface area contributed by atoms with Crippen LogP contribution >= 0.6 is 11.3 Å². The minimum Gasteiger partial charge on any atom is -0.308 e. The maximum Gasteiger partial charge on any atom is 0.260 e. The molecule has 1 amide bonds. The summed E-state index contributed by atoms with van der Waals surface area (Å²) >= 11 is 1.25. The molecule has 7 nitrogen and oxygen atoms in total. The molecule has 34 heavy (non-hydrogen) atoms. The van der Waals surface area contributed by atoms with Crippen molar-refractivity contribution < 1.29 is 17.6 Å². The van der Waals surface area contributed by atoms with Gasteiger partial charge in [0.1, 0.15) is 11.3 Å². The normalized spacial score (nSPS) is 12.1. The number of fused-ring (bicyclic) bond motifs is 1. The van der Waals surface area contributed by atoms with E-state index in [0.29, 0.717) is 41.6 Å².